The summed E-state index contributed by atoms with van der Waals surface area (Å²) in [5.74, 6) is -0.953. The second-order valence-electron chi connectivity index (χ2n) is 4.76. The third-order valence-electron chi connectivity index (χ3n) is 3.42. The first kappa shape index (κ1) is 12.2. The third kappa shape index (κ3) is 2.21. The molecule has 2 heterocycles. The van der Waals surface area contributed by atoms with E-state index in [9.17, 15) is 4.79 Å². The van der Waals surface area contributed by atoms with Crippen molar-refractivity contribution >= 4 is 23.0 Å². The van der Waals surface area contributed by atoms with Crippen LogP contribution >= 0.6 is 11.3 Å². The number of fused-ring (bicyclic) bond motifs is 1. The van der Waals surface area contributed by atoms with Crippen molar-refractivity contribution in [3.63, 3.8) is 0 Å². The van der Waals surface area contributed by atoms with Crippen LogP contribution in [0, 0.1) is 0 Å². The topological polar surface area (TPSA) is 53.4 Å². The number of nitrogens with zero attached hydrogens (tertiary/aromatic N) is 2. The molecule has 0 bridgehead atoms. The summed E-state index contributed by atoms with van der Waals surface area (Å²) in [6.45, 7) is 2.85. The fraction of sp³-hybridized carbons (Fsp3) is 0.286. The summed E-state index contributed by atoms with van der Waals surface area (Å²) in [4.78, 5) is 17.3. The van der Waals surface area contributed by atoms with Crippen molar-refractivity contribution in [1.82, 2.24) is 4.98 Å². The monoisotopic (exact) mass is 274 g/mol. The third-order valence-corrected chi connectivity index (χ3v) is 4.29. The Morgan fingerprint density at radius 1 is 1.53 bits per heavy atom. The van der Waals surface area contributed by atoms with Crippen molar-refractivity contribution < 1.29 is 9.90 Å². The molecule has 0 saturated carbocycles. The molecule has 1 aromatic carbocycles. The molecule has 1 aliphatic heterocycles. The number of benzene rings is 1. The molecule has 0 aliphatic carbocycles. The Labute approximate surface area is 115 Å². The lowest BCUT2D eigenvalue weighted by molar-refractivity contribution is 0.0696. The van der Waals surface area contributed by atoms with Gasteiger partial charge in [-0.3, -0.25) is 0 Å². The van der Waals surface area contributed by atoms with Crippen LogP contribution in [0.4, 0.5) is 5.69 Å². The maximum Gasteiger partial charge on any atom is 0.365 e. The second kappa shape index (κ2) is 4.66. The highest BCUT2D eigenvalue weighted by molar-refractivity contribution is 7.11. The Kier molecular flexibility index (Phi) is 2.98. The number of anilines is 1. The molecule has 2 aromatic rings. The van der Waals surface area contributed by atoms with Crippen LogP contribution in [0.2, 0.25) is 0 Å². The normalized spacial score (nSPS) is 17.5. The largest absolute Gasteiger partial charge is 0.476 e. The van der Waals surface area contributed by atoms with Gasteiger partial charge in [-0.05, 0) is 25.0 Å². The summed E-state index contributed by atoms with van der Waals surface area (Å²) < 4.78 is 0. The molecule has 4 nitrogen and oxygen atoms in total. The van der Waals surface area contributed by atoms with Crippen molar-refractivity contribution in [3.05, 3.63) is 45.9 Å². The molecule has 98 valence electrons. The molecule has 0 spiro atoms. The van der Waals surface area contributed by atoms with Crippen LogP contribution in [0.5, 0.6) is 0 Å². The maximum absolute atomic E-state index is 10.8. The fourth-order valence-corrected chi connectivity index (χ4v) is 3.17. The van der Waals surface area contributed by atoms with E-state index in [1.165, 1.54) is 22.6 Å². The van der Waals surface area contributed by atoms with E-state index < -0.39 is 5.97 Å². The van der Waals surface area contributed by atoms with Gasteiger partial charge in [0.15, 0.2) is 0 Å². The minimum absolute atomic E-state index is 0.162. The van der Waals surface area contributed by atoms with Gasteiger partial charge >= 0.3 is 5.97 Å². The Morgan fingerprint density at radius 2 is 2.32 bits per heavy atom. The van der Waals surface area contributed by atoms with Crippen molar-refractivity contribution in [2.45, 2.75) is 25.9 Å². The predicted octanol–water partition coefficient (Wildman–Crippen LogP) is 2.79. The van der Waals surface area contributed by atoms with Crippen LogP contribution in [0.3, 0.4) is 0 Å². The smallest absolute Gasteiger partial charge is 0.365 e. The highest BCUT2D eigenvalue weighted by Crippen LogP contribution is 2.33. The van der Waals surface area contributed by atoms with E-state index in [1.807, 2.05) is 11.4 Å². The molecule has 0 fully saturated rings. The number of carbonyl (C=O) groups is 1. The summed E-state index contributed by atoms with van der Waals surface area (Å²) in [6.07, 6.45) is 1.03. The van der Waals surface area contributed by atoms with Gasteiger partial charge in [-0.15, -0.1) is 11.3 Å². The summed E-state index contributed by atoms with van der Waals surface area (Å²) >= 11 is 1.19. The molecule has 0 amide bonds. The standard InChI is InChI=1S/C14H14N2O2S/c1-9-6-10-4-2-3-5-12(10)16(9)7-11-8-19-13(15-11)14(17)18/h2-5,8-9H,6-7H2,1H3,(H,17,18). The van der Waals surface area contributed by atoms with E-state index >= 15 is 0 Å². The second-order valence-corrected chi connectivity index (χ2v) is 5.62. The summed E-state index contributed by atoms with van der Waals surface area (Å²) in [5, 5.41) is 10.9. The molecule has 1 N–H and O–H groups in total. The van der Waals surface area contributed by atoms with Gasteiger partial charge in [0.05, 0.1) is 12.2 Å². The van der Waals surface area contributed by atoms with Gasteiger partial charge in [0.1, 0.15) is 0 Å². The average Bonchev–Trinajstić information content (AvgIpc) is 2.96. The molecule has 1 unspecified atom stereocenters. The van der Waals surface area contributed by atoms with Crippen LogP contribution < -0.4 is 4.90 Å². The minimum Gasteiger partial charge on any atom is -0.476 e. The molecule has 1 aliphatic rings. The van der Waals surface area contributed by atoms with E-state index in [2.05, 4.69) is 35.0 Å². The molecule has 0 saturated heterocycles. The van der Waals surface area contributed by atoms with Crippen LogP contribution in [0.1, 0.15) is 28.0 Å². The van der Waals surface area contributed by atoms with Crippen LogP contribution in [-0.4, -0.2) is 22.1 Å². The van der Waals surface area contributed by atoms with Gasteiger partial charge in [0.25, 0.3) is 0 Å². The summed E-state index contributed by atoms with van der Waals surface area (Å²) in [7, 11) is 0. The highest BCUT2D eigenvalue weighted by Gasteiger charge is 2.26. The van der Waals surface area contributed by atoms with Gasteiger partial charge in [-0.1, -0.05) is 18.2 Å². The number of carboxylic acids is 1. The van der Waals surface area contributed by atoms with Crippen molar-refractivity contribution in [2.24, 2.45) is 0 Å². The lowest BCUT2D eigenvalue weighted by Crippen LogP contribution is -2.28. The quantitative estimate of drug-likeness (QED) is 0.935. The SMILES string of the molecule is CC1Cc2ccccc2N1Cc1csc(C(=O)O)n1. The number of para-hydroxylation sites is 1. The first-order valence-corrected chi connectivity index (χ1v) is 7.05. The first-order chi connectivity index (χ1) is 9.15. The molecule has 3 rings (SSSR count). The number of rotatable bonds is 3. The minimum atomic E-state index is -0.953. The van der Waals surface area contributed by atoms with Gasteiger partial charge in [0.2, 0.25) is 5.01 Å². The number of thiazole rings is 1. The molecular weight excluding hydrogens is 260 g/mol. The molecular formula is C14H14N2O2S. The average molecular weight is 274 g/mol. The van der Waals surface area contributed by atoms with Gasteiger partial charge < -0.3 is 10.0 Å². The maximum atomic E-state index is 10.8. The van der Waals surface area contributed by atoms with E-state index in [4.69, 9.17) is 5.11 Å². The van der Waals surface area contributed by atoms with E-state index in [1.54, 1.807) is 0 Å². The van der Waals surface area contributed by atoms with Gasteiger partial charge in [-0.2, -0.15) is 0 Å². The van der Waals surface area contributed by atoms with E-state index in [-0.39, 0.29) is 5.01 Å². The summed E-state index contributed by atoms with van der Waals surface area (Å²) in [5.41, 5.74) is 3.41. The van der Waals surface area contributed by atoms with Crippen molar-refractivity contribution in [1.29, 1.82) is 0 Å². The van der Waals surface area contributed by atoms with Gasteiger partial charge in [-0.25, -0.2) is 9.78 Å². The number of aromatic nitrogens is 1. The Morgan fingerprint density at radius 3 is 3.05 bits per heavy atom. The molecule has 0 radical (unpaired) electrons. The zero-order chi connectivity index (χ0) is 13.4. The van der Waals surface area contributed by atoms with Crippen LogP contribution in [0.15, 0.2) is 29.6 Å². The van der Waals surface area contributed by atoms with Crippen LogP contribution in [-0.2, 0) is 13.0 Å². The van der Waals surface area contributed by atoms with Crippen molar-refractivity contribution in [3.8, 4) is 0 Å². The van der Waals surface area contributed by atoms with Crippen molar-refractivity contribution in [2.75, 3.05) is 4.90 Å². The molecule has 1 atom stereocenters. The lowest BCUT2D eigenvalue weighted by atomic mass is 10.1. The number of hydrogen-bond acceptors (Lipinski definition) is 4. The van der Waals surface area contributed by atoms with E-state index in [0.29, 0.717) is 12.6 Å². The van der Waals surface area contributed by atoms with Gasteiger partial charge in [0, 0.05) is 17.1 Å². The molecule has 19 heavy (non-hydrogen) atoms. The number of carboxylic acid groups (broad SMARTS) is 1. The zero-order valence-corrected chi connectivity index (χ0v) is 11.4. The Hall–Kier alpha value is -1.88. The number of hydrogen-bond donors (Lipinski definition) is 1. The Balaban J connectivity index is 1.85. The highest BCUT2D eigenvalue weighted by atomic mass is 32.1. The Bertz CT molecular complexity index is 623. The fourth-order valence-electron chi connectivity index (χ4n) is 2.52. The molecule has 5 heteroatoms. The first-order valence-electron chi connectivity index (χ1n) is 6.17. The van der Waals surface area contributed by atoms with Crippen LogP contribution in [0.25, 0.3) is 0 Å². The van der Waals surface area contributed by atoms with E-state index in [0.717, 1.165) is 12.1 Å². The zero-order valence-electron chi connectivity index (χ0n) is 10.5. The number of aromatic carboxylic acids is 1. The lowest BCUT2D eigenvalue weighted by Gasteiger charge is -2.23. The summed E-state index contributed by atoms with van der Waals surface area (Å²) in [6, 6.07) is 8.78. The predicted molar refractivity (Wildman–Crippen MR) is 74.9 cm³/mol. The molecule has 1 aromatic heterocycles.